The van der Waals surface area contributed by atoms with Crippen molar-refractivity contribution >= 4 is 27.5 Å². The molecule has 1 nitrogen and oxygen atoms in total. The van der Waals surface area contributed by atoms with Crippen LogP contribution in [-0.4, -0.2) is 6.54 Å². The standard InChI is InChI=1S/C13H17BrClN/c1-9-11(6-10(14)7-12(9)15)13(8-16)4-2-3-5-13/h6-7H,2-5,8,16H2,1H3. The number of nitrogens with two attached hydrogens (primary N) is 1. The highest BCUT2D eigenvalue weighted by Crippen LogP contribution is 2.43. The van der Waals surface area contributed by atoms with E-state index in [1.54, 1.807) is 0 Å². The van der Waals surface area contributed by atoms with Crippen LogP contribution in [0.15, 0.2) is 16.6 Å². The van der Waals surface area contributed by atoms with E-state index in [2.05, 4.69) is 28.9 Å². The molecule has 3 heteroatoms. The van der Waals surface area contributed by atoms with Gasteiger partial charge in [-0.15, -0.1) is 0 Å². The van der Waals surface area contributed by atoms with E-state index in [4.69, 9.17) is 17.3 Å². The van der Waals surface area contributed by atoms with Crippen LogP contribution in [0.3, 0.4) is 0 Å². The average Bonchev–Trinajstić information content (AvgIpc) is 2.73. The van der Waals surface area contributed by atoms with Gasteiger partial charge in [0, 0.05) is 21.5 Å². The predicted octanol–water partition coefficient (Wildman–Crippen LogP) is 4.18. The molecular formula is C13H17BrClN. The van der Waals surface area contributed by atoms with Crippen LogP contribution in [0.25, 0.3) is 0 Å². The lowest BCUT2D eigenvalue weighted by Gasteiger charge is -2.30. The van der Waals surface area contributed by atoms with Crippen molar-refractivity contribution < 1.29 is 0 Å². The Bertz CT molecular complexity index is 397. The molecule has 0 aliphatic heterocycles. The first-order valence-electron chi connectivity index (χ1n) is 5.75. The zero-order valence-corrected chi connectivity index (χ0v) is 11.9. The predicted molar refractivity (Wildman–Crippen MR) is 73.1 cm³/mol. The van der Waals surface area contributed by atoms with Gasteiger partial charge in [-0.05, 0) is 43.0 Å². The lowest BCUT2D eigenvalue weighted by atomic mass is 9.77. The quantitative estimate of drug-likeness (QED) is 0.871. The Kier molecular flexibility index (Phi) is 3.62. The van der Waals surface area contributed by atoms with E-state index >= 15 is 0 Å². The van der Waals surface area contributed by atoms with Crippen molar-refractivity contribution in [3.05, 3.63) is 32.8 Å². The Morgan fingerprint density at radius 2 is 2.00 bits per heavy atom. The van der Waals surface area contributed by atoms with Crippen LogP contribution in [0.5, 0.6) is 0 Å². The van der Waals surface area contributed by atoms with Crippen LogP contribution in [-0.2, 0) is 5.41 Å². The van der Waals surface area contributed by atoms with Crippen molar-refractivity contribution in [3.63, 3.8) is 0 Å². The van der Waals surface area contributed by atoms with Crippen LogP contribution >= 0.6 is 27.5 Å². The van der Waals surface area contributed by atoms with Crippen molar-refractivity contribution in [1.82, 2.24) is 0 Å². The van der Waals surface area contributed by atoms with Gasteiger partial charge in [0.25, 0.3) is 0 Å². The van der Waals surface area contributed by atoms with Gasteiger partial charge in [0.2, 0.25) is 0 Å². The summed E-state index contributed by atoms with van der Waals surface area (Å²) in [6, 6.07) is 4.15. The molecule has 0 heterocycles. The van der Waals surface area contributed by atoms with E-state index in [0.29, 0.717) is 0 Å². The SMILES string of the molecule is Cc1c(Cl)cc(Br)cc1C1(CN)CCCC1. The van der Waals surface area contributed by atoms with Crippen molar-refractivity contribution in [2.24, 2.45) is 5.73 Å². The molecule has 16 heavy (non-hydrogen) atoms. The molecule has 2 N–H and O–H groups in total. The van der Waals surface area contributed by atoms with Crippen molar-refractivity contribution in [1.29, 1.82) is 0 Å². The largest absolute Gasteiger partial charge is 0.330 e. The maximum absolute atomic E-state index is 6.25. The van der Waals surface area contributed by atoms with Crippen molar-refractivity contribution in [2.75, 3.05) is 6.54 Å². The van der Waals surface area contributed by atoms with Crippen LogP contribution < -0.4 is 5.73 Å². The topological polar surface area (TPSA) is 26.0 Å². The van der Waals surface area contributed by atoms with Gasteiger partial charge in [-0.3, -0.25) is 0 Å². The number of hydrogen-bond acceptors (Lipinski definition) is 1. The summed E-state index contributed by atoms with van der Waals surface area (Å²) in [4.78, 5) is 0. The number of hydrogen-bond donors (Lipinski definition) is 1. The minimum absolute atomic E-state index is 0.164. The van der Waals surface area contributed by atoms with Gasteiger partial charge in [0.1, 0.15) is 0 Å². The fourth-order valence-electron chi connectivity index (χ4n) is 2.83. The van der Waals surface area contributed by atoms with E-state index in [1.807, 2.05) is 6.07 Å². The molecule has 1 fully saturated rings. The van der Waals surface area contributed by atoms with E-state index < -0.39 is 0 Å². The van der Waals surface area contributed by atoms with Crippen molar-refractivity contribution in [3.8, 4) is 0 Å². The monoisotopic (exact) mass is 301 g/mol. The first kappa shape index (κ1) is 12.4. The molecule has 88 valence electrons. The molecule has 0 bridgehead atoms. The van der Waals surface area contributed by atoms with Crippen LogP contribution in [0.2, 0.25) is 5.02 Å². The molecule has 0 radical (unpaired) electrons. The van der Waals surface area contributed by atoms with Gasteiger partial charge in [0.15, 0.2) is 0 Å². The Morgan fingerprint density at radius 3 is 2.56 bits per heavy atom. The third-order valence-electron chi connectivity index (χ3n) is 3.83. The first-order chi connectivity index (χ1) is 7.59. The summed E-state index contributed by atoms with van der Waals surface area (Å²) in [6.45, 7) is 2.82. The third kappa shape index (κ3) is 2.03. The van der Waals surface area contributed by atoms with E-state index in [0.717, 1.165) is 16.0 Å². The molecule has 0 aromatic heterocycles. The number of halogens is 2. The highest BCUT2D eigenvalue weighted by atomic mass is 79.9. The molecule has 0 atom stereocenters. The van der Waals surface area contributed by atoms with Crippen LogP contribution in [0.4, 0.5) is 0 Å². The summed E-state index contributed by atoms with van der Waals surface area (Å²) in [5.74, 6) is 0. The molecule has 0 saturated heterocycles. The lowest BCUT2D eigenvalue weighted by Crippen LogP contribution is -2.32. The van der Waals surface area contributed by atoms with E-state index in [-0.39, 0.29) is 5.41 Å². The Hall–Kier alpha value is -0.0500. The molecule has 0 spiro atoms. The summed E-state index contributed by atoms with van der Waals surface area (Å²) in [6.07, 6.45) is 4.94. The Morgan fingerprint density at radius 1 is 1.38 bits per heavy atom. The fraction of sp³-hybridized carbons (Fsp3) is 0.538. The molecule has 1 aliphatic carbocycles. The summed E-state index contributed by atoms with van der Waals surface area (Å²) in [5, 5.41) is 0.837. The average molecular weight is 303 g/mol. The van der Waals surface area contributed by atoms with E-state index in [9.17, 15) is 0 Å². The minimum Gasteiger partial charge on any atom is -0.330 e. The molecule has 1 aromatic carbocycles. The van der Waals surface area contributed by atoms with Gasteiger partial charge < -0.3 is 5.73 Å². The summed E-state index contributed by atoms with van der Waals surface area (Å²) in [5.41, 5.74) is 8.71. The molecule has 1 saturated carbocycles. The van der Waals surface area contributed by atoms with Gasteiger partial charge >= 0.3 is 0 Å². The molecule has 1 aromatic rings. The minimum atomic E-state index is 0.164. The summed E-state index contributed by atoms with van der Waals surface area (Å²) < 4.78 is 1.05. The smallest absolute Gasteiger partial charge is 0.0449 e. The van der Waals surface area contributed by atoms with Crippen LogP contribution in [0.1, 0.15) is 36.8 Å². The van der Waals surface area contributed by atoms with Gasteiger partial charge in [-0.2, -0.15) is 0 Å². The molecule has 2 rings (SSSR count). The van der Waals surface area contributed by atoms with E-state index in [1.165, 1.54) is 36.8 Å². The first-order valence-corrected chi connectivity index (χ1v) is 6.92. The maximum Gasteiger partial charge on any atom is 0.0449 e. The highest BCUT2D eigenvalue weighted by Gasteiger charge is 2.35. The zero-order chi connectivity index (χ0) is 11.8. The second kappa shape index (κ2) is 4.67. The zero-order valence-electron chi connectivity index (χ0n) is 9.52. The second-order valence-electron chi connectivity index (χ2n) is 4.75. The lowest BCUT2D eigenvalue weighted by molar-refractivity contribution is 0.450. The van der Waals surface area contributed by atoms with Crippen LogP contribution in [0, 0.1) is 6.92 Å². The molecule has 1 aliphatic rings. The normalized spacial score (nSPS) is 19.0. The fourth-order valence-corrected chi connectivity index (χ4v) is 3.64. The highest BCUT2D eigenvalue weighted by molar-refractivity contribution is 9.10. The number of benzene rings is 1. The molecular weight excluding hydrogens is 286 g/mol. The summed E-state index contributed by atoms with van der Waals surface area (Å²) >= 11 is 9.77. The van der Waals surface area contributed by atoms with Gasteiger partial charge in [-0.25, -0.2) is 0 Å². The Labute approximate surface area is 110 Å². The number of rotatable bonds is 2. The van der Waals surface area contributed by atoms with Gasteiger partial charge in [-0.1, -0.05) is 40.4 Å². The maximum atomic E-state index is 6.25. The molecule has 0 amide bonds. The second-order valence-corrected chi connectivity index (χ2v) is 6.07. The van der Waals surface area contributed by atoms with Crippen molar-refractivity contribution in [2.45, 2.75) is 38.0 Å². The molecule has 0 unspecified atom stereocenters. The van der Waals surface area contributed by atoms with Gasteiger partial charge in [0.05, 0.1) is 0 Å². The third-order valence-corrected chi connectivity index (χ3v) is 4.68. The Balaban J connectivity index is 2.53. The summed E-state index contributed by atoms with van der Waals surface area (Å²) in [7, 11) is 0.